The van der Waals surface area contributed by atoms with Crippen LogP contribution in [0.15, 0.2) is 30.5 Å². The minimum absolute atomic E-state index is 0.0350. The second-order valence-corrected chi connectivity index (χ2v) is 9.79. The molecule has 1 amide bonds. The Hall–Kier alpha value is -1.79. The molecule has 1 aromatic carbocycles. The van der Waals surface area contributed by atoms with E-state index in [0.717, 1.165) is 35.5 Å². The Morgan fingerprint density at radius 1 is 1.24 bits per heavy atom. The van der Waals surface area contributed by atoms with Gasteiger partial charge in [0, 0.05) is 37.1 Å². The van der Waals surface area contributed by atoms with E-state index in [0.29, 0.717) is 6.54 Å². The molecule has 2 saturated heterocycles. The number of aromatic nitrogens is 2. The summed E-state index contributed by atoms with van der Waals surface area (Å²) in [5.41, 5.74) is 3.10. The number of hydrogen-bond donors (Lipinski definition) is 1. The maximum Gasteiger partial charge on any atom is 0.253 e. The van der Waals surface area contributed by atoms with Crippen LogP contribution in [0.25, 0.3) is 0 Å². The van der Waals surface area contributed by atoms with Crippen molar-refractivity contribution in [3.8, 4) is 0 Å². The van der Waals surface area contributed by atoms with Gasteiger partial charge in [0.2, 0.25) is 0 Å². The van der Waals surface area contributed by atoms with Gasteiger partial charge >= 0.3 is 0 Å². The molecule has 1 atom stereocenters. The zero-order valence-corrected chi connectivity index (χ0v) is 18.4. The van der Waals surface area contributed by atoms with Crippen molar-refractivity contribution in [2.24, 2.45) is 5.92 Å². The lowest BCUT2D eigenvalue weighted by atomic mass is 9.97. The summed E-state index contributed by atoms with van der Waals surface area (Å²) in [7, 11) is 1.82. The first-order valence-corrected chi connectivity index (χ1v) is 11.9. The van der Waals surface area contributed by atoms with Gasteiger partial charge in [-0.1, -0.05) is 12.1 Å². The van der Waals surface area contributed by atoms with Gasteiger partial charge in [-0.05, 0) is 74.3 Å². The number of aryl methyl sites for hydroxylation is 1. The van der Waals surface area contributed by atoms with Crippen molar-refractivity contribution in [2.45, 2.75) is 45.2 Å². The third-order valence-electron chi connectivity index (χ3n) is 6.24. The summed E-state index contributed by atoms with van der Waals surface area (Å²) in [5.74, 6) is 4.26. The first-order valence-electron chi connectivity index (χ1n) is 10.7. The predicted octanol–water partition coefficient (Wildman–Crippen LogP) is 3.75. The van der Waals surface area contributed by atoms with Crippen LogP contribution >= 0.6 is 11.8 Å². The largest absolute Gasteiger partial charge is 0.345 e. The predicted molar refractivity (Wildman–Crippen MR) is 119 cm³/mol. The molecule has 2 aliphatic rings. The molecule has 6 heteroatoms. The van der Waals surface area contributed by atoms with Gasteiger partial charge < -0.3 is 14.8 Å². The second-order valence-electron chi connectivity index (χ2n) is 8.57. The Balaban J connectivity index is 1.29. The molecule has 0 aliphatic carbocycles. The molecule has 2 fully saturated rings. The smallest absolute Gasteiger partial charge is 0.253 e. The van der Waals surface area contributed by atoms with E-state index in [1.807, 2.05) is 26.1 Å². The Bertz CT molecular complexity index is 813. The van der Waals surface area contributed by atoms with E-state index in [9.17, 15) is 4.79 Å². The fourth-order valence-electron chi connectivity index (χ4n) is 4.59. The van der Waals surface area contributed by atoms with Gasteiger partial charge in [-0.3, -0.25) is 4.79 Å². The summed E-state index contributed by atoms with van der Waals surface area (Å²) in [5, 5.41) is 0. The number of benzene rings is 1. The van der Waals surface area contributed by atoms with Gasteiger partial charge in [-0.2, -0.15) is 11.8 Å². The van der Waals surface area contributed by atoms with Crippen molar-refractivity contribution in [2.75, 3.05) is 31.6 Å². The molecule has 3 heterocycles. The molecule has 1 aromatic heterocycles. The van der Waals surface area contributed by atoms with Crippen molar-refractivity contribution in [3.63, 3.8) is 0 Å². The zero-order chi connectivity index (χ0) is 20.2. The number of H-pyrrole nitrogens is 1. The zero-order valence-electron chi connectivity index (χ0n) is 17.6. The van der Waals surface area contributed by atoms with Crippen molar-refractivity contribution in [1.82, 2.24) is 19.8 Å². The van der Waals surface area contributed by atoms with Crippen molar-refractivity contribution in [1.29, 1.82) is 0 Å². The average molecular weight is 413 g/mol. The van der Waals surface area contributed by atoms with Crippen LogP contribution in [0.4, 0.5) is 0 Å². The van der Waals surface area contributed by atoms with Gasteiger partial charge in [0.05, 0.1) is 6.54 Å². The SMILES string of the molecule is Cc1cnc(CN(C)C(=O)c2ccc(CC3CCN(C4CCSCC4)C3)cc2)[nH]1. The number of likely N-dealkylation sites (tertiary alicyclic amines) is 1. The molecular formula is C23H32N4OS. The van der Waals surface area contributed by atoms with Crippen molar-refractivity contribution < 1.29 is 4.79 Å². The highest BCUT2D eigenvalue weighted by Crippen LogP contribution is 2.28. The van der Waals surface area contributed by atoms with E-state index < -0.39 is 0 Å². The maximum atomic E-state index is 12.7. The summed E-state index contributed by atoms with van der Waals surface area (Å²) in [6.07, 6.45) is 6.93. The summed E-state index contributed by atoms with van der Waals surface area (Å²) >= 11 is 2.10. The normalized spacial score (nSPS) is 20.8. The number of carbonyl (C=O) groups is 1. The lowest BCUT2D eigenvalue weighted by Crippen LogP contribution is -2.36. The van der Waals surface area contributed by atoms with Crippen LogP contribution in [-0.2, 0) is 13.0 Å². The number of carbonyl (C=O) groups excluding carboxylic acids is 1. The van der Waals surface area contributed by atoms with E-state index in [2.05, 4.69) is 38.8 Å². The first kappa shape index (κ1) is 20.5. The van der Waals surface area contributed by atoms with Crippen LogP contribution in [0.1, 0.15) is 46.7 Å². The number of rotatable bonds is 6. The number of amides is 1. The highest BCUT2D eigenvalue weighted by Gasteiger charge is 2.29. The summed E-state index contributed by atoms with van der Waals surface area (Å²) in [4.78, 5) is 24.6. The fourth-order valence-corrected chi connectivity index (χ4v) is 5.67. The average Bonchev–Trinajstić information content (AvgIpc) is 3.37. The first-order chi connectivity index (χ1) is 14.1. The molecule has 1 N–H and O–H groups in total. The summed E-state index contributed by atoms with van der Waals surface area (Å²) in [6.45, 7) is 4.95. The molecule has 0 spiro atoms. The molecule has 4 rings (SSSR count). The Morgan fingerprint density at radius 2 is 2.00 bits per heavy atom. The molecule has 2 aliphatic heterocycles. The molecule has 29 heavy (non-hydrogen) atoms. The second kappa shape index (κ2) is 9.35. The minimum atomic E-state index is 0.0350. The van der Waals surface area contributed by atoms with Crippen molar-refractivity contribution >= 4 is 17.7 Å². The summed E-state index contributed by atoms with van der Waals surface area (Å²) in [6, 6.07) is 9.05. The maximum absolute atomic E-state index is 12.7. The van der Waals surface area contributed by atoms with E-state index in [1.54, 1.807) is 11.1 Å². The molecular weight excluding hydrogens is 380 g/mol. The quantitative estimate of drug-likeness (QED) is 0.785. The fraction of sp³-hybridized carbons (Fsp3) is 0.565. The number of thioether (sulfide) groups is 1. The Kier molecular flexibility index (Phi) is 6.60. The van der Waals surface area contributed by atoms with Crippen LogP contribution in [-0.4, -0.2) is 63.4 Å². The van der Waals surface area contributed by atoms with Crippen LogP contribution in [0.3, 0.4) is 0 Å². The molecule has 156 valence electrons. The number of nitrogens with zero attached hydrogens (tertiary/aromatic N) is 3. The van der Waals surface area contributed by atoms with Gasteiger partial charge in [-0.15, -0.1) is 0 Å². The number of hydrogen-bond acceptors (Lipinski definition) is 4. The molecule has 2 aromatic rings. The van der Waals surface area contributed by atoms with Gasteiger partial charge in [-0.25, -0.2) is 4.98 Å². The van der Waals surface area contributed by atoms with E-state index in [1.165, 1.54) is 49.4 Å². The molecule has 0 bridgehead atoms. The molecule has 0 saturated carbocycles. The van der Waals surface area contributed by atoms with Gasteiger partial charge in [0.15, 0.2) is 0 Å². The van der Waals surface area contributed by atoms with Gasteiger partial charge in [0.1, 0.15) is 5.82 Å². The third-order valence-corrected chi connectivity index (χ3v) is 7.29. The van der Waals surface area contributed by atoms with E-state index >= 15 is 0 Å². The standard InChI is InChI=1S/C23H32N4OS/c1-17-14-24-22(25-17)16-26(2)23(28)20-5-3-18(4-6-20)13-19-7-10-27(15-19)21-8-11-29-12-9-21/h3-6,14,19,21H,7-13,15-16H2,1-2H3,(H,24,25). The van der Waals surface area contributed by atoms with E-state index in [4.69, 9.17) is 0 Å². The topological polar surface area (TPSA) is 52.2 Å². The van der Waals surface area contributed by atoms with Gasteiger partial charge in [0.25, 0.3) is 5.91 Å². The van der Waals surface area contributed by atoms with Crippen LogP contribution in [0.5, 0.6) is 0 Å². The van der Waals surface area contributed by atoms with Crippen molar-refractivity contribution in [3.05, 3.63) is 53.1 Å². The van der Waals surface area contributed by atoms with E-state index in [-0.39, 0.29) is 5.91 Å². The number of aromatic amines is 1. The minimum Gasteiger partial charge on any atom is -0.345 e. The summed E-state index contributed by atoms with van der Waals surface area (Å²) < 4.78 is 0. The Labute approximate surface area is 178 Å². The van der Waals surface area contributed by atoms with Crippen LogP contribution in [0.2, 0.25) is 0 Å². The molecule has 5 nitrogen and oxygen atoms in total. The molecule has 0 radical (unpaired) electrons. The monoisotopic (exact) mass is 412 g/mol. The highest BCUT2D eigenvalue weighted by molar-refractivity contribution is 7.99. The highest BCUT2D eigenvalue weighted by atomic mass is 32.2. The number of nitrogens with one attached hydrogen (secondary N) is 1. The number of imidazole rings is 1. The lowest BCUT2D eigenvalue weighted by molar-refractivity contribution is 0.0782. The lowest BCUT2D eigenvalue weighted by Gasteiger charge is -2.30. The van der Waals surface area contributed by atoms with Crippen LogP contribution < -0.4 is 0 Å². The third kappa shape index (κ3) is 5.23. The molecule has 1 unspecified atom stereocenters. The Morgan fingerprint density at radius 3 is 2.69 bits per heavy atom. The van der Waals surface area contributed by atoms with Crippen LogP contribution in [0, 0.1) is 12.8 Å².